The highest BCUT2D eigenvalue weighted by Crippen LogP contribution is 2.38. The summed E-state index contributed by atoms with van der Waals surface area (Å²) in [6.07, 6.45) is 2.13. The minimum absolute atomic E-state index is 0.0212. The van der Waals surface area contributed by atoms with Crippen LogP contribution in [0, 0.1) is 5.92 Å². The Morgan fingerprint density at radius 1 is 1.00 bits per heavy atom. The lowest BCUT2D eigenvalue weighted by Crippen LogP contribution is -2.36. The Morgan fingerprint density at radius 3 is 2.50 bits per heavy atom. The average molecular weight is 428 g/mol. The van der Waals surface area contributed by atoms with E-state index in [0.717, 1.165) is 42.1 Å². The first-order valence-corrected chi connectivity index (χ1v) is 11.4. The number of ketones is 1. The number of fused-ring (bicyclic) bond motifs is 1. The van der Waals surface area contributed by atoms with Crippen molar-refractivity contribution in [3.8, 4) is 11.5 Å². The molecule has 1 saturated heterocycles. The Kier molecular flexibility index (Phi) is 5.95. The molecule has 32 heavy (non-hydrogen) atoms. The number of carbonyl (C=O) groups is 1. The number of ether oxygens (including phenoxy) is 2. The highest BCUT2D eigenvalue weighted by Gasteiger charge is 2.31. The summed E-state index contributed by atoms with van der Waals surface area (Å²) < 4.78 is 12.8. The molecule has 4 heteroatoms. The van der Waals surface area contributed by atoms with Crippen molar-refractivity contribution in [3.63, 3.8) is 0 Å². The van der Waals surface area contributed by atoms with Gasteiger partial charge in [-0.15, -0.1) is 0 Å². The predicted octanol–water partition coefficient (Wildman–Crippen LogP) is 5.39. The highest BCUT2D eigenvalue weighted by atomic mass is 16.5. The lowest BCUT2D eigenvalue weighted by molar-refractivity contribution is -0.126. The molecule has 0 amide bonds. The van der Waals surface area contributed by atoms with Crippen LogP contribution in [0.2, 0.25) is 0 Å². The zero-order valence-corrected chi connectivity index (χ0v) is 18.4. The van der Waals surface area contributed by atoms with Crippen LogP contribution >= 0.6 is 0 Å². The Balaban J connectivity index is 1.41. The number of nitrogens with zero attached hydrogens (tertiary/aromatic N) is 1. The molecular weight excluding hydrogens is 398 g/mol. The van der Waals surface area contributed by atoms with Crippen molar-refractivity contribution in [2.24, 2.45) is 5.92 Å². The van der Waals surface area contributed by atoms with Gasteiger partial charge in [0.15, 0.2) is 11.9 Å². The molecule has 2 heterocycles. The van der Waals surface area contributed by atoms with Gasteiger partial charge in [-0.05, 0) is 43.6 Å². The van der Waals surface area contributed by atoms with Crippen molar-refractivity contribution < 1.29 is 14.3 Å². The first kappa shape index (κ1) is 20.8. The normalized spacial score (nSPS) is 22.0. The number of carbonyl (C=O) groups excluding carboxylic acids is 1. The molecule has 0 N–H and O–H groups in total. The maximum Gasteiger partial charge on any atom is 0.182 e. The third-order valence-electron chi connectivity index (χ3n) is 6.52. The number of hydrogen-bond donors (Lipinski definition) is 0. The smallest absolute Gasteiger partial charge is 0.182 e. The fourth-order valence-electron chi connectivity index (χ4n) is 4.90. The van der Waals surface area contributed by atoms with Gasteiger partial charge in [-0.2, -0.15) is 0 Å². The monoisotopic (exact) mass is 427 g/mol. The van der Waals surface area contributed by atoms with Gasteiger partial charge in [-0.1, -0.05) is 66.7 Å². The maximum absolute atomic E-state index is 12.7. The van der Waals surface area contributed by atoms with E-state index in [0.29, 0.717) is 12.3 Å². The van der Waals surface area contributed by atoms with Crippen molar-refractivity contribution in [1.82, 2.24) is 4.90 Å². The SMILES string of the molecule is CN1CCCC(C(Oc2ccc3c(c2)OC(c2ccccc2)C(=O)C3)c2ccccc2)C1. The van der Waals surface area contributed by atoms with E-state index in [1.807, 2.05) is 54.6 Å². The summed E-state index contributed by atoms with van der Waals surface area (Å²) in [7, 11) is 2.18. The lowest BCUT2D eigenvalue weighted by Gasteiger charge is -2.35. The molecule has 1 fully saturated rings. The first-order chi connectivity index (χ1) is 15.7. The van der Waals surface area contributed by atoms with Crippen molar-refractivity contribution in [1.29, 1.82) is 0 Å². The molecule has 0 bridgehead atoms. The topological polar surface area (TPSA) is 38.8 Å². The molecule has 3 atom stereocenters. The zero-order valence-electron chi connectivity index (χ0n) is 18.4. The fraction of sp³-hybridized carbons (Fsp3) is 0.321. The van der Waals surface area contributed by atoms with Gasteiger partial charge in [0.1, 0.15) is 17.6 Å². The average Bonchev–Trinajstić information content (AvgIpc) is 2.83. The van der Waals surface area contributed by atoms with Crippen LogP contribution in [-0.4, -0.2) is 30.8 Å². The van der Waals surface area contributed by atoms with Crippen LogP contribution in [0.1, 0.15) is 41.7 Å². The molecular formula is C28H29NO3. The predicted molar refractivity (Wildman–Crippen MR) is 125 cm³/mol. The number of hydrogen-bond acceptors (Lipinski definition) is 4. The Hall–Kier alpha value is -3.11. The van der Waals surface area contributed by atoms with E-state index in [9.17, 15) is 4.79 Å². The summed E-state index contributed by atoms with van der Waals surface area (Å²) >= 11 is 0. The molecule has 0 aromatic heterocycles. The van der Waals surface area contributed by atoms with Crippen LogP contribution in [0.15, 0.2) is 78.9 Å². The third-order valence-corrected chi connectivity index (χ3v) is 6.52. The molecule has 0 spiro atoms. The summed E-state index contributed by atoms with van der Waals surface area (Å²) in [5.41, 5.74) is 3.01. The summed E-state index contributed by atoms with van der Waals surface area (Å²) in [6, 6.07) is 26.1. The van der Waals surface area contributed by atoms with E-state index in [-0.39, 0.29) is 11.9 Å². The number of rotatable bonds is 5. The van der Waals surface area contributed by atoms with Crippen LogP contribution in [-0.2, 0) is 11.2 Å². The number of Topliss-reactive ketones (excluding diaryl/α,β-unsaturated/α-hetero) is 1. The van der Waals surface area contributed by atoms with Gasteiger partial charge in [0.25, 0.3) is 0 Å². The molecule has 2 aliphatic heterocycles. The van der Waals surface area contributed by atoms with Crippen molar-refractivity contribution in [2.45, 2.75) is 31.5 Å². The second kappa shape index (κ2) is 9.17. The molecule has 3 aromatic rings. The van der Waals surface area contributed by atoms with Crippen molar-refractivity contribution >= 4 is 5.78 Å². The first-order valence-electron chi connectivity index (χ1n) is 11.4. The van der Waals surface area contributed by atoms with Crippen LogP contribution in [0.25, 0.3) is 0 Å². The van der Waals surface area contributed by atoms with Gasteiger partial charge in [0, 0.05) is 30.5 Å². The summed E-state index contributed by atoms with van der Waals surface area (Å²) in [6.45, 7) is 2.16. The fourth-order valence-corrected chi connectivity index (χ4v) is 4.90. The van der Waals surface area contributed by atoms with Crippen LogP contribution < -0.4 is 9.47 Å². The van der Waals surface area contributed by atoms with Gasteiger partial charge in [-0.25, -0.2) is 0 Å². The number of likely N-dealkylation sites (tertiary alicyclic amines) is 1. The van der Waals surface area contributed by atoms with Crippen LogP contribution in [0.5, 0.6) is 11.5 Å². The second-order valence-electron chi connectivity index (χ2n) is 8.93. The van der Waals surface area contributed by atoms with E-state index in [1.165, 1.54) is 12.0 Å². The van der Waals surface area contributed by atoms with Crippen molar-refractivity contribution in [2.75, 3.05) is 20.1 Å². The molecule has 5 rings (SSSR count). The third kappa shape index (κ3) is 4.42. The molecule has 4 nitrogen and oxygen atoms in total. The van der Waals surface area contributed by atoms with Crippen LogP contribution in [0.3, 0.4) is 0 Å². The highest BCUT2D eigenvalue weighted by molar-refractivity contribution is 5.88. The van der Waals surface area contributed by atoms with Gasteiger partial charge < -0.3 is 14.4 Å². The minimum Gasteiger partial charge on any atom is -0.485 e. The zero-order chi connectivity index (χ0) is 21.9. The van der Waals surface area contributed by atoms with Gasteiger partial charge in [0.2, 0.25) is 0 Å². The summed E-state index contributed by atoms with van der Waals surface area (Å²) in [5.74, 6) is 2.03. The Labute approximate surface area is 189 Å². The molecule has 3 aromatic carbocycles. The van der Waals surface area contributed by atoms with Gasteiger partial charge >= 0.3 is 0 Å². The summed E-state index contributed by atoms with van der Waals surface area (Å²) in [5, 5.41) is 0. The van der Waals surface area contributed by atoms with E-state index >= 15 is 0 Å². The Morgan fingerprint density at radius 2 is 1.75 bits per heavy atom. The van der Waals surface area contributed by atoms with Crippen LogP contribution in [0.4, 0.5) is 0 Å². The quantitative estimate of drug-likeness (QED) is 0.547. The number of piperidine rings is 1. The Bertz CT molecular complexity index is 1070. The second-order valence-corrected chi connectivity index (χ2v) is 8.93. The van der Waals surface area contributed by atoms with E-state index in [1.54, 1.807) is 0 Å². The van der Waals surface area contributed by atoms with E-state index < -0.39 is 6.10 Å². The van der Waals surface area contributed by atoms with Gasteiger partial charge in [-0.3, -0.25) is 4.79 Å². The van der Waals surface area contributed by atoms with Crippen molar-refractivity contribution in [3.05, 3.63) is 95.6 Å². The standard InChI is InChI=1S/C28H29NO3/c1-29-16-8-13-23(19-29)27(20-9-4-2-5-10-20)31-24-15-14-22-17-25(30)28(32-26(22)18-24)21-11-6-3-7-12-21/h2-7,9-12,14-15,18,23,27-28H,8,13,16-17,19H2,1H3. The molecule has 3 unspecified atom stereocenters. The molecule has 0 aliphatic carbocycles. The molecule has 164 valence electrons. The van der Waals surface area contributed by atoms with E-state index in [2.05, 4.69) is 36.2 Å². The lowest BCUT2D eigenvalue weighted by atomic mass is 9.88. The largest absolute Gasteiger partial charge is 0.485 e. The molecule has 0 radical (unpaired) electrons. The van der Waals surface area contributed by atoms with E-state index in [4.69, 9.17) is 9.47 Å². The summed E-state index contributed by atoms with van der Waals surface area (Å²) in [4.78, 5) is 15.1. The number of benzene rings is 3. The van der Waals surface area contributed by atoms with Gasteiger partial charge in [0.05, 0.1) is 0 Å². The molecule has 0 saturated carbocycles. The minimum atomic E-state index is -0.559. The molecule has 2 aliphatic rings. The maximum atomic E-state index is 12.7.